The molecule has 1 saturated carbocycles. The summed E-state index contributed by atoms with van der Waals surface area (Å²) in [6.45, 7) is 2.00. The zero-order valence-electron chi connectivity index (χ0n) is 9.05. The highest BCUT2D eigenvalue weighted by Crippen LogP contribution is 2.35. The average Bonchev–Trinajstić information content (AvgIpc) is 2.79. The normalized spacial score (nSPS) is 20.1. The Morgan fingerprint density at radius 1 is 1.36 bits per heavy atom. The van der Waals surface area contributed by atoms with Gasteiger partial charge in [0.05, 0.1) is 6.04 Å². The highest BCUT2D eigenvalue weighted by atomic mass is 16.3. The number of furan rings is 1. The molecule has 14 heavy (non-hydrogen) atoms. The van der Waals surface area contributed by atoms with E-state index in [1.165, 1.54) is 25.7 Å². The van der Waals surface area contributed by atoms with E-state index in [2.05, 4.69) is 17.4 Å². The van der Waals surface area contributed by atoms with Crippen molar-refractivity contribution >= 4 is 0 Å². The lowest BCUT2D eigenvalue weighted by Gasteiger charge is -2.20. The summed E-state index contributed by atoms with van der Waals surface area (Å²) in [4.78, 5) is 0. The molecule has 2 rings (SSSR count). The van der Waals surface area contributed by atoms with Gasteiger partial charge in [-0.15, -0.1) is 0 Å². The SMILES string of the molecule is CNC(c1ccc(C)o1)C1CCCC1. The first-order chi connectivity index (χ1) is 6.81. The zero-order valence-corrected chi connectivity index (χ0v) is 9.05. The minimum atomic E-state index is 0.422. The molecule has 2 nitrogen and oxygen atoms in total. The third-order valence-corrected chi connectivity index (χ3v) is 3.25. The first kappa shape index (κ1) is 9.78. The molecule has 1 aliphatic rings. The molecule has 0 aromatic carbocycles. The molecule has 0 amide bonds. The predicted molar refractivity (Wildman–Crippen MR) is 57.2 cm³/mol. The van der Waals surface area contributed by atoms with Crippen molar-refractivity contribution in [2.75, 3.05) is 7.05 Å². The molecule has 0 saturated heterocycles. The molecule has 1 fully saturated rings. The van der Waals surface area contributed by atoms with E-state index in [1.807, 2.05) is 14.0 Å². The summed E-state index contributed by atoms with van der Waals surface area (Å²) in [6, 6.07) is 4.58. The summed E-state index contributed by atoms with van der Waals surface area (Å²) >= 11 is 0. The highest BCUT2D eigenvalue weighted by molar-refractivity contribution is 5.11. The van der Waals surface area contributed by atoms with Gasteiger partial charge in [-0.3, -0.25) is 0 Å². The van der Waals surface area contributed by atoms with Gasteiger partial charge in [0.2, 0.25) is 0 Å². The van der Waals surface area contributed by atoms with Gasteiger partial charge in [-0.25, -0.2) is 0 Å². The van der Waals surface area contributed by atoms with Crippen molar-refractivity contribution in [3.8, 4) is 0 Å². The molecule has 1 unspecified atom stereocenters. The molecule has 1 heterocycles. The molecule has 1 atom stereocenters. The molecule has 0 aliphatic heterocycles. The van der Waals surface area contributed by atoms with Crippen LogP contribution in [0.5, 0.6) is 0 Å². The van der Waals surface area contributed by atoms with E-state index in [1.54, 1.807) is 0 Å². The van der Waals surface area contributed by atoms with Crippen molar-refractivity contribution in [2.45, 2.75) is 38.6 Å². The maximum absolute atomic E-state index is 5.69. The molecule has 1 aromatic heterocycles. The molecule has 1 aromatic rings. The fourth-order valence-corrected chi connectivity index (χ4v) is 2.52. The molecule has 1 N–H and O–H groups in total. The molecule has 1 aliphatic carbocycles. The third-order valence-electron chi connectivity index (χ3n) is 3.25. The Hall–Kier alpha value is -0.760. The second-order valence-corrected chi connectivity index (χ2v) is 4.26. The average molecular weight is 193 g/mol. The smallest absolute Gasteiger partial charge is 0.121 e. The van der Waals surface area contributed by atoms with Gasteiger partial charge in [-0.1, -0.05) is 12.8 Å². The van der Waals surface area contributed by atoms with E-state index in [0.29, 0.717) is 6.04 Å². The van der Waals surface area contributed by atoms with Crippen molar-refractivity contribution in [1.82, 2.24) is 5.32 Å². The monoisotopic (exact) mass is 193 g/mol. The minimum absolute atomic E-state index is 0.422. The van der Waals surface area contributed by atoms with E-state index in [0.717, 1.165) is 17.4 Å². The van der Waals surface area contributed by atoms with Crippen LogP contribution in [0.4, 0.5) is 0 Å². The summed E-state index contributed by atoms with van der Waals surface area (Å²) in [6.07, 6.45) is 5.43. The Kier molecular flexibility index (Phi) is 2.92. The number of aryl methyl sites for hydroxylation is 1. The van der Waals surface area contributed by atoms with Crippen LogP contribution < -0.4 is 5.32 Å². The number of rotatable bonds is 3. The molecular weight excluding hydrogens is 174 g/mol. The molecule has 0 spiro atoms. The van der Waals surface area contributed by atoms with Gasteiger partial charge >= 0.3 is 0 Å². The Bertz CT molecular complexity index is 286. The Morgan fingerprint density at radius 3 is 2.57 bits per heavy atom. The van der Waals surface area contributed by atoms with Gasteiger partial charge in [0.15, 0.2) is 0 Å². The van der Waals surface area contributed by atoms with Crippen LogP contribution in [0.1, 0.15) is 43.2 Å². The molecular formula is C12H19NO. The van der Waals surface area contributed by atoms with Crippen LogP contribution in [-0.2, 0) is 0 Å². The summed E-state index contributed by atoms with van der Waals surface area (Å²) in [7, 11) is 2.03. The van der Waals surface area contributed by atoms with Gasteiger partial charge in [0, 0.05) is 0 Å². The second kappa shape index (κ2) is 4.18. The van der Waals surface area contributed by atoms with Crippen molar-refractivity contribution in [2.24, 2.45) is 5.92 Å². The molecule has 0 radical (unpaired) electrons. The minimum Gasteiger partial charge on any atom is -0.465 e. The number of hydrogen-bond acceptors (Lipinski definition) is 2. The first-order valence-electron chi connectivity index (χ1n) is 5.55. The van der Waals surface area contributed by atoms with Gasteiger partial charge in [-0.05, 0) is 44.9 Å². The fraction of sp³-hybridized carbons (Fsp3) is 0.667. The van der Waals surface area contributed by atoms with Crippen LogP contribution in [0.3, 0.4) is 0 Å². The predicted octanol–water partition coefficient (Wildman–Crippen LogP) is 3.04. The Labute approximate surface area is 85.7 Å². The maximum Gasteiger partial charge on any atom is 0.121 e. The van der Waals surface area contributed by atoms with Crippen LogP contribution >= 0.6 is 0 Å². The lowest BCUT2D eigenvalue weighted by Crippen LogP contribution is -2.22. The first-order valence-corrected chi connectivity index (χ1v) is 5.55. The van der Waals surface area contributed by atoms with Crippen molar-refractivity contribution < 1.29 is 4.42 Å². The second-order valence-electron chi connectivity index (χ2n) is 4.26. The highest BCUT2D eigenvalue weighted by Gasteiger charge is 2.26. The van der Waals surface area contributed by atoms with Crippen LogP contribution in [0.15, 0.2) is 16.5 Å². The van der Waals surface area contributed by atoms with Gasteiger partial charge in [-0.2, -0.15) is 0 Å². The summed E-state index contributed by atoms with van der Waals surface area (Å²) < 4.78 is 5.69. The molecule has 78 valence electrons. The standard InChI is InChI=1S/C12H19NO/c1-9-7-8-11(14-9)12(13-2)10-5-3-4-6-10/h7-8,10,12-13H,3-6H2,1-2H3. The summed E-state index contributed by atoms with van der Waals surface area (Å²) in [5, 5.41) is 3.38. The van der Waals surface area contributed by atoms with E-state index in [-0.39, 0.29) is 0 Å². The number of nitrogens with one attached hydrogen (secondary N) is 1. The van der Waals surface area contributed by atoms with Gasteiger partial charge in [0.1, 0.15) is 11.5 Å². The number of hydrogen-bond donors (Lipinski definition) is 1. The van der Waals surface area contributed by atoms with E-state index in [9.17, 15) is 0 Å². The van der Waals surface area contributed by atoms with E-state index in [4.69, 9.17) is 4.42 Å². The van der Waals surface area contributed by atoms with Gasteiger partial charge in [0.25, 0.3) is 0 Å². The lowest BCUT2D eigenvalue weighted by atomic mass is 9.96. The lowest BCUT2D eigenvalue weighted by molar-refractivity contribution is 0.323. The van der Waals surface area contributed by atoms with E-state index >= 15 is 0 Å². The summed E-state index contributed by atoms with van der Waals surface area (Å²) in [5.41, 5.74) is 0. The third kappa shape index (κ3) is 1.85. The molecule has 0 bridgehead atoms. The van der Waals surface area contributed by atoms with Crippen LogP contribution in [-0.4, -0.2) is 7.05 Å². The topological polar surface area (TPSA) is 25.2 Å². The Balaban J connectivity index is 2.12. The quantitative estimate of drug-likeness (QED) is 0.798. The van der Waals surface area contributed by atoms with Gasteiger partial charge < -0.3 is 9.73 Å². The van der Waals surface area contributed by atoms with E-state index < -0.39 is 0 Å². The van der Waals surface area contributed by atoms with Crippen molar-refractivity contribution in [1.29, 1.82) is 0 Å². The summed E-state index contributed by atoms with van der Waals surface area (Å²) in [5.74, 6) is 2.89. The van der Waals surface area contributed by atoms with Crippen LogP contribution in [0, 0.1) is 12.8 Å². The Morgan fingerprint density at radius 2 is 2.07 bits per heavy atom. The van der Waals surface area contributed by atoms with Crippen molar-refractivity contribution in [3.05, 3.63) is 23.7 Å². The zero-order chi connectivity index (χ0) is 9.97. The van der Waals surface area contributed by atoms with Crippen molar-refractivity contribution in [3.63, 3.8) is 0 Å². The largest absolute Gasteiger partial charge is 0.465 e. The molecule has 2 heteroatoms. The maximum atomic E-state index is 5.69. The van der Waals surface area contributed by atoms with Crippen LogP contribution in [0.25, 0.3) is 0 Å². The van der Waals surface area contributed by atoms with Crippen LogP contribution in [0.2, 0.25) is 0 Å². The fourth-order valence-electron chi connectivity index (χ4n) is 2.52.